The van der Waals surface area contributed by atoms with Gasteiger partial charge in [-0.1, -0.05) is 30.3 Å². The predicted molar refractivity (Wildman–Crippen MR) is 67.5 cm³/mol. The third-order valence-corrected chi connectivity index (χ3v) is 4.28. The van der Waals surface area contributed by atoms with Crippen LogP contribution in [-0.2, 0) is 0 Å². The van der Waals surface area contributed by atoms with Crippen LogP contribution >= 0.6 is 33.9 Å². The van der Waals surface area contributed by atoms with Crippen LogP contribution in [0.2, 0.25) is 0 Å². The first kappa shape index (κ1) is 10.1. The van der Waals surface area contributed by atoms with Gasteiger partial charge in [0, 0.05) is 3.57 Å². The lowest BCUT2D eigenvalue weighted by Crippen LogP contribution is -1.97. The zero-order valence-electron chi connectivity index (χ0n) is 7.35. The maximum atomic E-state index is 10.1. The Labute approximate surface area is 101 Å². The van der Waals surface area contributed by atoms with Crippen LogP contribution in [0.15, 0.2) is 41.8 Å². The van der Waals surface area contributed by atoms with Crippen molar-refractivity contribution < 1.29 is 5.11 Å². The van der Waals surface area contributed by atoms with Gasteiger partial charge in [-0.15, -0.1) is 11.3 Å². The summed E-state index contributed by atoms with van der Waals surface area (Å²) in [6, 6.07) is 11.8. The molecule has 1 N–H and O–H groups in total. The van der Waals surface area contributed by atoms with Crippen LogP contribution in [0.5, 0.6) is 0 Å². The number of aliphatic hydroxyl groups is 1. The van der Waals surface area contributed by atoms with Crippen molar-refractivity contribution in [2.45, 2.75) is 6.10 Å². The molecule has 2 rings (SSSR count). The van der Waals surface area contributed by atoms with Crippen molar-refractivity contribution in [3.8, 4) is 0 Å². The molecule has 14 heavy (non-hydrogen) atoms. The summed E-state index contributed by atoms with van der Waals surface area (Å²) < 4.78 is 1.13. The Kier molecular flexibility index (Phi) is 3.20. The molecule has 1 unspecified atom stereocenters. The summed E-state index contributed by atoms with van der Waals surface area (Å²) in [5, 5.41) is 12.1. The van der Waals surface area contributed by atoms with Crippen LogP contribution in [0.3, 0.4) is 0 Å². The summed E-state index contributed by atoms with van der Waals surface area (Å²) in [7, 11) is 0. The third-order valence-electron chi connectivity index (χ3n) is 2.01. The Bertz CT molecular complexity index is 410. The van der Waals surface area contributed by atoms with Crippen molar-refractivity contribution in [1.82, 2.24) is 0 Å². The summed E-state index contributed by atoms with van der Waals surface area (Å²) in [5.74, 6) is 0. The van der Waals surface area contributed by atoms with E-state index >= 15 is 0 Å². The molecule has 0 saturated carbocycles. The maximum Gasteiger partial charge on any atom is 0.114 e. The van der Waals surface area contributed by atoms with Crippen molar-refractivity contribution in [3.05, 3.63) is 55.8 Å². The van der Waals surface area contributed by atoms with Gasteiger partial charge < -0.3 is 5.11 Å². The Morgan fingerprint density at radius 3 is 2.43 bits per heavy atom. The summed E-state index contributed by atoms with van der Waals surface area (Å²) in [6.07, 6.45) is -0.483. The molecule has 0 aliphatic carbocycles. The minimum absolute atomic E-state index is 0.483. The lowest BCUT2D eigenvalue weighted by Gasteiger charge is -2.09. The van der Waals surface area contributed by atoms with Crippen LogP contribution in [0, 0.1) is 3.57 Å². The standard InChI is InChI=1S/C11H9IOS/c12-9-6-7-14-11(9)10(13)8-4-2-1-3-5-8/h1-7,10,13H. The Morgan fingerprint density at radius 2 is 1.86 bits per heavy atom. The highest BCUT2D eigenvalue weighted by Crippen LogP contribution is 2.30. The van der Waals surface area contributed by atoms with Gasteiger partial charge in [-0.2, -0.15) is 0 Å². The van der Waals surface area contributed by atoms with E-state index in [9.17, 15) is 5.11 Å². The third kappa shape index (κ3) is 1.99. The van der Waals surface area contributed by atoms with E-state index in [1.165, 1.54) is 0 Å². The summed E-state index contributed by atoms with van der Waals surface area (Å²) >= 11 is 3.84. The zero-order chi connectivity index (χ0) is 9.97. The fourth-order valence-electron chi connectivity index (χ4n) is 1.29. The van der Waals surface area contributed by atoms with E-state index in [0.29, 0.717) is 0 Å². The highest BCUT2D eigenvalue weighted by atomic mass is 127. The highest BCUT2D eigenvalue weighted by molar-refractivity contribution is 14.1. The SMILES string of the molecule is OC(c1ccccc1)c1sccc1I. The molecular formula is C11H9IOS. The monoisotopic (exact) mass is 316 g/mol. The molecular weight excluding hydrogens is 307 g/mol. The van der Waals surface area contributed by atoms with Crippen molar-refractivity contribution >= 4 is 33.9 Å². The van der Waals surface area contributed by atoms with Crippen LogP contribution in [0.25, 0.3) is 0 Å². The van der Waals surface area contributed by atoms with Crippen LogP contribution < -0.4 is 0 Å². The van der Waals surface area contributed by atoms with Crippen molar-refractivity contribution in [1.29, 1.82) is 0 Å². The molecule has 0 aliphatic heterocycles. The van der Waals surface area contributed by atoms with Gasteiger partial charge in [0.2, 0.25) is 0 Å². The lowest BCUT2D eigenvalue weighted by atomic mass is 10.1. The van der Waals surface area contributed by atoms with E-state index in [1.807, 2.05) is 41.8 Å². The first-order chi connectivity index (χ1) is 6.79. The van der Waals surface area contributed by atoms with Crippen molar-refractivity contribution in [3.63, 3.8) is 0 Å². The van der Waals surface area contributed by atoms with Gasteiger partial charge in [0.05, 0.1) is 4.88 Å². The predicted octanol–water partition coefficient (Wildman–Crippen LogP) is 3.43. The second-order valence-corrected chi connectivity index (χ2v) is 5.06. The van der Waals surface area contributed by atoms with E-state index < -0.39 is 6.10 Å². The first-order valence-electron chi connectivity index (χ1n) is 4.25. The fourth-order valence-corrected chi connectivity index (χ4v) is 3.18. The number of rotatable bonds is 2. The van der Waals surface area contributed by atoms with Gasteiger partial charge in [0.25, 0.3) is 0 Å². The molecule has 0 bridgehead atoms. The topological polar surface area (TPSA) is 20.2 Å². The minimum Gasteiger partial charge on any atom is -0.383 e. The summed E-state index contributed by atoms with van der Waals surface area (Å²) in [5.41, 5.74) is 0.952. The zero-order valence-corrected chi connectivity index (χ0v) is 10.3. The number of benzene rings is 1. The normalized spacial score (nSPS) is 12.7. The molecule has 1 heterocycles. The second-order valence-electron chi connectivity index (χ2n) is 2.95. The average molecular weight is 316 g/mol. The largest absolute Gasteiger partial charge is 0.383 e. The molecule has 0 amide bonds. The van der Waals surface area contributed by atoms with Gasteiger partial charge in [-0.25, -0.2) is 0 Å². The van der Waals surface area contributed by atoms with Gasteiger partial charge >= 0.3 is 0 Å². The number of halogens is 1. The van der Waals surface area contributed by atoms with E-state index in [-0.39, 0.29) is 0 Å². The quantitative estimate of drug-likeness (QED) is 0.842. The molecule has 3 heteroatoms. The molecule has 1 aromatic carbocycles. The number of thiophene rings is 1. The Balaban J connectivity index is 2.34. The second kappa shape index (κ2) is 4.42. The number of aliphatic hydroxyl groups excluding tert-OH is 1. The smallest absolute Gasteiger partial charge is 0.114 e. The Morgan fingerprint density at radius 1 is 1.14 bits per heavy atom. The van der Waals surface area contributed by atoms with Crippen LogP contribution in [-0.4, -0.2) is 5.11 Å². The molecule has 0 fully saturated rings. The summed E-state index contributed by atoms with van der Waals surface area (Å²) in [6.45, 7) is 0. The lowest BCUT2D eigenvalue weighted by molar-refractivity contribution is 0.223. The number of hydrogen-bond acceptors (Lipinski definition) is 2. The summed E-state index contributed by atoms with van der Waals surface area (Å²) in [4.78, 5) is 1.02. The molecule has 0 aliphatic rings. The van der Waals surface area contributed by atoms with Gasteiger partial charge in [0.1, 0.15) is 6.10 Å². The molecule has 1 nitrogen and oxygen atoms in total. The molecule has 2 aromatic rings. The van der Waals surface area contributed by atoms with E-state index in [4.69, 9.17) is 0 Å². The molecule has 0 spiro atoms. The molecule has 0 radical (unpaired) electrons. The van der Waals surface area contributed by atoms with Crippen molar-refractivity contribution in [2.75, 3.05) is 0 Å². The maximum absolute atomic E-state index is 10.1. The van der Waals surface area contributed by atoms with Crippen LogP contribution in [0.4, 0.5) is 0 Å². The van der Waals surface area contributed by atoms with Gasteiger partial charge in [-0.05, 0) is 39.6 Å². The molecule has 1 aromatic heterocycles. The van der Waals surface area contributed by atoms with Crippen molar-refractivity contribution in [2.24, 2.45) is 0 Å². The van der Waals surface area contributed by atoms with Crippen LogP contribution in [0.1, 0.15) is 16.5 Å². The van der Waals surface area contributed by atoms with E-state index in [1.54, 1.807) is 11.3 Å². The minimum atomic E-state index is -0.483. The highest BCUT2D eigenvalue weighted by Gasteiger charge is 2.13. The van der Waals surface area contributed by atoms with Gasteiger partial charge in [-0.3, -0.25) is 0 Å². The van der Waals surface area contributed by atoms with E-state index in [0.717, 1.165) is 14.0 Å². The Hall–Kier alpha value is -0.390. The molecule has 1 atom stereocenters. The molecule has 0 saturated heterocycles. The fraction of sp³-hybridized carbons (Fsp3) is 0.0909. The molecule has 72 valence electrons. The van der Waals surface area contributed by atoms with Gasteiger partial charge in [0.15, 0.2) is 0 Å². The first-order valence-corrected chi connectivity index (χ1v) is 6.21. The van der Waals surface area contributed by atoms with E-state index in [2.05, 4.69) is 22.6 Å². The number of hydrogen-bond donors (Lipinski definition) is 1. The average Bonchev–Trinajstić information content (AvgIpc) is 2.65.